The van der Waals surface area contributed by atoms with Crippen LogP contribution < -0.4 is 4.74 Å². The average molecular weight is 449 g/mol. The number of carbonyl (C=O) groups is 1. The summed E-state index contributed by atoms with van der Waals surface area (Å²) in [7, 11) is 0. The van der Waals surface area contributed by atoms with Gasteiger partial charge in [-0.3, -0.25) is 0 Å². The van der Waals surface area contributed by atoms with E-state index < -0.39 is 5.60 Å². The second-order valence-corrected chi connectivity index (χ2v) is 8.96. The van der Waals surface area contributed by atoms with E-state index in [2.05, 4.69) is 27.0 Å². The van der Waals surface area contributed by atoms with Crippen molar-refractivity contribution in [3.63, 3.8) is 0 Å². The van der Waals surface area contributed by atoms with Gasteiger partial charge < -0.3 is 14.4 Å². The fraction of sp³-hybridized carbons (Fsp3) is 0.375. The molecule has 0 bridgehead atoms. The number of amides is 1. The molecule has 3 aromatic rings. The van der Waals surface area contributed by atoms with Gasteiger partial charge in [-0.1, -0.05) is 13.0 Å². The molecule has 1 aliphatic heterocycles. The summed E-state index contributed by atoms with van der Waals surface area (Å²) in [5, 5.41) is 4.10. The molecule has 0 saturated heterocycles. The lowest BCUT2D eigenvalue weighted by molar-refractivity contribution is 0.0251. The largest absolute Gasteiger partial charge is 0.486 e. The summed E-state index contributed by atoms with van der Waals surface area (Å²) in [5.74, 6) is 1.47. The van der Waals surface area contributed by atoms with E-state index in [1.165, 1.54) is 6.33 Å². The first-order chi connectivity index (χ1) is 15.8. The maximum atomic E-state index is 12.3. The minimum absolute atomic E-state index is 0.153. The molecule has 2 aromatic heterocycles. The van der Waals surface area contributed by atoms with Gasteiger partial charge in [0.05, 0.1) is 5.69 Å². The first kappa shape index (κ1) is 22.4. The van der Waals surface area contributed by atoms with Crippen LogP contribution in [0.2, 0.25) is 0 Å². The lowest BCUT2D eigenvalue weighted by atomic mass is 9.92. The monoisotopic (exact) mass is 448 g/mol. The number of benzene rings is 1. The van der Waals surface area contributed by atoms with Crippen LogP contribution in [0.4, 0.5) is 4.79 Å². The molecular weight excluding hydrogens is 420 g/mol. The molecule has 9 nitrogen and oxygen atoms in total. The van der Waals surface area contributed by atoms with Gasteiger partial charge in [0, 0.05) is 31.0 Å². The highest BCUT2D eigenvalue weighted by molar-refractivity contribution is 5.73. The summed E-state index contributed by atoms with van der Waals surface area (Å²) in [4.78, 5) is 26.9. The number of nitrogens with zero attached hydrogens (tertiary/aromatic N) is 6. The molecule has 1 atom stereocenters. The summed E-state index contributed by atoms with van der Waals surface area (Å²) < 4.78 is 13.0. The van der Waals surface area contributed by atoms with Gasteiger partial charge in [0.25, 0.3) is 0 Å². The minimum atomic E-state index is -0.505. The Morgan fingerprint density at radius 1 is 1.15 bits per heavy atom. The first-order valence-electron chi connectivity index (χ1n) is 10.9. The Morgan fingerprint density at radius 2 is 1.88 bits per heavy atom. The SMILES string of the molecule is CC1CN(C(=O)OC(C)(C)C)CC=C1c1cnc(COc2ccc(-n3cncn3)cc2)nc1. The van der Waals surface area contributed by atoms with E-state index in [1.807, 2.05) is 63.5 Å². The van der Waals surface area contributed by atoms with Crippen LogP contribution in [-0.2, 0) is 11.3 Å². The van der Waals surface area contributed by atoms with Gasteiger partial charge in [-0.25, -0.2) is 24.4 Å². The third kappa shape index (κ3) is 5.74. The highest BCUT2D eigenvalue weighted by atomic mass is 16.6. The van der Waals surface area contributed by atoms with Crippen molar-refractivity contribution in [2.24, 2.45) is 5.92 Å². The van der Waals surface area contributed by atoms with Crippen molar-refractivity contribution in [3.05, 3.63) is 66.8 Å². The van der Waals surface area contributed by atoms with E-state index in [0.717, 1.165) is 22.6 Å². The predicted octanol–water partition coefficient (Wildman–Crippen LogP) is 3.91. The number of carbonyl (C=O) groups excluding carboxylic acids is 1. The molecule has 0 fully saturated rings. The van der Waals surface area contributed by atoms with E-state index in [4.69, 9.17) is 9.47 Å². The van der Waals surface area contributed by atoms with Crippen molar-refractivity contribution < 1.29 is 14.3 Å². The maximum absolute atomic E-state index is 12.3. The molecule has 9 heteroatoms. The fourth-order valence-corrected chi connectivity index (χ4v) is 3.55. The molecule has 1 aromatic carbocycles. The van der Waals surface area contributed by atoms with E-state index in [1.54, 1.807) is 15.9 Å². The highest BCUT2D eigenvalue weighted by Crippen LogP contribution is 2.27. The van der Waals surface area contributed by atoms with Crippen molar-refractivity contribution in [2.45, 2.75) is 39.9 Å². The lowest BCUT2D eigenvalue weighted by Gasteiger charge is -2.32. The third-order valence-corrected chi connectivity index (χ3v) is 5.14. The molecule has 1 amide bonds. The third-order valence-electron chi connectivity index (χ3n) is 5.14. The quantitative estimate of drug-likeness (QED) is 0.584. The number of hydrogen-bond donors (Lipinski definition) is 0. The van der Waals surface area contributed by atoms with E-state index in [0.29, 0.717) is 18.9 Å². The van der Waals surface area contributed by atoms with E-state index in [9.17, 15) is 4.79 Å². The maximum Gasteiger partial charge on any atom is 0.410 e. The van der Waals surface area contributed by atoms with Crippen molar-refractivity contribution >= 4 is 11.7 Å². The van der Waals surface area contributed by atoms with Crippen LogP contribution in [0.5, 0.6) is 5.75 Å². The molecule has 0 radical (unpaired) electrons. The normalized spacial score (nSPS) is 16.3. The molecule has 1 aliphatic rings. The molecule has 172 valence electrons. The zero-order valence-electron chi connectivity index (χ0n) is 19.3. The van der Waals surface area contributed by atoms with Crippen LogP contribution in [0.3, 0.4) is 0 Å². The molecular formula is C24H28N6O3. The molecule has 0 spiro atoms. The summed E-state index contributed by atoms with van der Waals surface area (Å²) in [6.45, 7) is 9.06. The van der Waals surface area contributed by atoms with Crippen LogP contribution in [0.25, 0.3) is 11.3 Å². The number of aromatic nitrogens is 5. The minimum Gasteiger partial charge on any atom is -0.486 e. The van der Waals surface area contributed by atoms with Crippen LogP contribution >= 0.6 is 0 Å². The standard InChI is InChI=1S/C24H28N6O3/c1-17-13-29(23(31)33-24(2,3)4)10-9-21(17)18-11-26-22(27-12-18)14-32-20-7-5-19(6-8-20)30-16-25-15-28-30/h5-9,11-12,15-17H,10,13-14H2,1-4H3. The zero-order chi connectivity index (χ0) is 23.4. The summed E-state index contributed by atoms with van der Waals surface area (Å²) in [6, 6.07) is 7.56. The van der Waals surface area contributed by atoms with Crippen molar-refractivity contribution in [3.8, 4) is 11.4 Å². The summed E-state index contributed by atoms with van der Waals surface area (Å²) in [5.41, 5.74) is 2.48. The van der Waals surface area contributed by atoms with Gasteiger partial charge in [0.1, 0.15) is 30.6 Å². The molecule has 33 heavy (non-hydrogen) atoms. The fourth-order valence-electron chi connectivity index (χ4n) is 3.55. The van der Waals surface area contributed by atoms with Gasteiger partial charge in [-0.2, -0.15) is 5.10 Å². The number of ether oxygens (including phenoxy) is 2. The predicted molar refractivity (Wildman–Crippen MR) is 123 cm³/mol. The van der Waals surface area contributed by atoms with Gasteiger partial charge >= 0.3 is 6.09 Å². The van der Waals surface area contributed by atoms with Gasteiger partial charge in [0.15, 0.2) is 5.82 Å². The Morgan fingerprint density at radius 3 is 2.48 bits per heavy atom. The van der Waals surface area contributed by atoms with Gasteiger partial charge in [-0.05, 0) is 56.5 Å². The number of hydrogen-bond acceptors (Lipinski definition) is 7. The average Bonchev–Trinajstić information content (AvgIpc) is 3.32. The van der Waals surface area contributed by atoms with E-state index >= 15 is 0 Å². The Balaban J connectivity index is 1.34. The highest BCUT2D eigenvalue weighted by Gasteiger charge is 2.27. The van der Waals surface area contributed by atoms with Gasteiger partial charge in [-0.15, -0.1) is 0 Å². The Kier molecular flexibility index (Phi) is 6.39. The van der Waals surface area contributed by atoms with E-state index in [-0.39, 0.29) is 18.6 Å². The second kappa shape index (κ2) is 9.40. The second-order valence-electron chi connectivity index (χ2n) is 8.96. The zero-order valence-corrected chi connectivity index (χ0v) is 19.3. The van der Waals surface area contributed by atoms with Crippen molar-refractivity contribution in [1.82, 2.24) is 29.6 Å². The molecule has 0 saturated carbocycles. The Labute approximate surface area is 193 Å². The van der Waals surface area contributed by atoms with Crippen molar-refractivity contribution in [2.75, 3.05) is 13.1 Å². The Bertz CT molecular complexity index is 1100. The van der Waals surface area contributed by atoms with Crippen LogP contribution in [0, 0.1) is 5.92 Å². The number of rotatable bonds is 5. The topological polar surface area (TPSA) is 95.3 Å². The summed E-state index contributed by atoms with van der Waals surface area (Å²) >= 11 is 0. The van der Waals surface area contributed by atoms with Crippen LogP contribution in [0.1, 0.15) is 39.1 Å². The molecule has 1 unspecified atom stereocenters. The van der Waals surface area contributed by atoms with Gasteiger partial charge in [0.2, 0.25) is 0 Å². The lowest BCUT2D eigenvalue weighted by Crippen LogP contribution is -2.41. The van der Waals surface area contributed by atoms with Crippen LogP contribution in [0.15, 0.2) is 55.4 Å². The first-order valence-corrected chi connectivity index (χ1v) is 10.9. The molecule has 0 aliphatic carbocycles. The smallest absolute Gasteiger partial charge is 0.410 e. The summed E-state index contributed by atoms with van der Waals surface area (Å²) in [6.07, 6.45) is 8.51. The Hall–Kier alpha value is -3.75. The van der Waals surface area contributed by atoms with Crippen molar-refractivity contribution in [1.29, 1.82) is 0 Å². The van der Waals surface area contributed by atoms with Crippen LogP contribution in [-0.4, -0.2) is 54.4 Å². The molecule has 3 heterocycles. The molecule has 0 N–H and O–H groups in total. The molecule has 4 rings (SSSR count).